The van der Waals surface area contributed by atoms with E-state index in [1.54, 1.807) is 41.3 Å². The number of nitrogens with zero attached hydrogens (tertiary/aromatic N) is 3. The molecular formula is C27H26Cl2N4O3. The lowest BCUT2D eigenvalue weighted by molar-refractivity contribution is -0.124. The third kappa shape index (κ3) is 5.02. The molecule has 0 aromatic heterocycles. The monoisotopic (exact) mass is 524 g/mol. The number of anilines is 1. The highest BCUT2D eigenvalue weighted by Gasteiger charge is 2.47. The van der Waals surface area contributed by atoms with E-state index in [0.717, 1.165) is 0 Å². The molecule has 186 valence electrons. The number of ketones is 1. The van der Waals surface area contributed by atoms with Gasteiger partial charge in [-0.1, -0.05) is 43.1 Å². The van der Waals surface area contributed by atoms with Crippen molar-refractivity contribution in [1.82, 2.24) is 5.32 Å². The van der Waals surface area contributed by atoms with E-state index in [1.807, 2.05) is 13.8 Å². The summed E-state index contributed by atoms with van der Waals surface area (Å²) < 4.78 is 0. The fourth-order valence-electron chi connectivity index (χ4n) is 5.06. The molecule has 2 unspecified atom stereocenters. The molecular weight excluding hydrogens is 499 g/mol. The Morgan fingerprint density at radius 3 is 2.61 bits per heavy atom. The van der Waals surface area contributed by atoms with Crippen LogP contribution in [-0.4, -0.2) is 36.4 Å². The van der Waals surface area contributed by atoms with Gasteiger partial charge in [-0.2, -0.15) is 0 Å². The summed E-state index contributed by atoms with van der Waals surface area (Å²) in [6.07, 6.45) is 0.896. The molecule has 2 aromatic carbocycles. The SMILES string of the molecule is [C-]#[N+]CCNC(=O)c1ccc2c(c1)N=C1CC(C)(C)CC(=O)C1C(c1ccc(Cl)cc1Cl)N2C(C)=O. The van der Waals surface area contributed by atoms with Crippen molar-refractivity contribution in [1.29, 1.82) is 0 Å². The predicted molar refractivity (Wildman–Crippen MR) is 141 cm³/mol. The summed E-state index contributed by atoms with van der Waals surface area (Å²) in [7, 11) is 0. The summed E-state index contributed by atoms with van der Waals surface area (Å²) in [5.41, 5.74) is 2.23. The lowest BCUT2D eigenvalue weighted by Gasteiger charge is -2.41. The molecule has 1 aliphatic heterocycles. The third-order valence-corrected chi connectivity index (χ3v) is 7.07. The topological polar surface area (TPSA) is 83.2 Å². The summed E-state index contributed by atoms with van der Waals surface area (Å²) in [6, 6.07) is 9.25. The van der Waals surface area contributed by atoms with E-state index in [0.29, 0.717) is 51.1 Å². The van der Waals surface area contributed by atoms with Gasteiger partial charge < -0.3 is 15.1 Å². The Balaban J connectivity index is 1.92. The molecule has 1 N–H and O–H groups in total. The molecule has 2 atom stereocenters. The minimum Gasteiger partial charge on any atom is -0.345 e. The highest BCUT2D eigenvalue weighted by atomic mass is 35.5. The van der Waals surface area contributed by atoms with Crippen LogP contribution in [0.4, 0.5) is 11.4 Å². The number of aliphatic imine (C=N–C) groups is 1. The highest BCUT2D eigenvalue weighted by molar-refractivity contribution is 6.35. The van der Waals surface area contributed by atoms with Gasteiger partial charge in [-0.15, -0.1) is 0 Å². The highest BCUT2D eigenvalue weighted by Crippen LogP contribution is 2.49. The van der Waals surface area contributed by atoms with Crippen molar-refractivity contribution in [2.45, 2.75) is 39.7 Å². The molecule has 2 aliphatic rings. The quantitative estimate of drug-likeness (QED) is 0.403. The van der Waals surface area contributed by atoms with Crippen molar-refractivity contribution in [3.63, 3.8) is 0 Å². The Bertz CT molecular complexity index is 1330. The van der Waals surface area contributed by atoms with Crippen molar-refractivity contribution in [2.24, 2.45) is 16.3 Å². The van der Waals surface area contributed by atoms with Gasteiger partial charge in [0.25, 0.3) is 5.91 Å². The zero-order valence-corrected chi connectivity index (χ0v) is 21.8. The summed E-state index contributed by atoms with van der Waals surface area (Å²) >= 11 is 12.8. The zero-order valence-electron chi connectivity index (χ0n) is 20.3. The first kappa shape index (κ1) is 25.9. The molecule has 1 fully saturated rings. The van der Waals surface area contributed by atoms with Gasteiger partial charge in [-0.05, 0) is 47.7 Å². The zero-order chi connectivity index (χ0) is 26.2. The fourth-order valence-corrected chi connectivity index (χ4v) is 5.58. The first-order chi connectivity index (χ1) is 17.0. The van der Waals surface area contributed by atoms with Gasteiger partial charge in [0.05, 0.1) is 29.9 Å². The van der Waals surface area contributed by atoms with Crippen molar-refractivity contribution in [3.05, 3.63) is 69.0 Å². The molecule has 9 heteroatoms. The summed E-state index contributed by atoms with van der Waals surface area (Å²) in [6.45, 7) is 12.8. The number of hydrogen-bond donors (Lipinski definition) is 1. The largest absolute Gasteiger partial charge is 0.345 e. The van der Waals surface area contributed by atoms with Crippen LogP contribution in [0.25, 0.3) is 4.85 Å². The van der Waals surface area contributed by atoms with E-state index in [2.05, 4.69) is 10.2 Å². The van der Waals surface area contributed by atoms with Crippen LogP contribution in [0.15, 0.2) is 41.4 Å². The van der Waals surface area contributed by atoms with Crippen molar-refractivity contribution < 1.29 is 14.4 Å². The number of carbonyl (C=O) groups is 3. The molecule has 1 saturated carbocycles. The third-order valence-electron chi connectivity index (χ3n) is 6.50. The Morgan fingerprint density at radius 2 is 1.94 bits per heavy atom. The average Bonchev–Trinajstić information content (AvgIpc) is 2.92. The molecule has 0 saturated heterocycles. The van der Waals surface area contributed by atoms with E-state index in [4.69, 9.17) is 34.8 Å². The minimum absolute atomic E-state index is 0.0165. The number of nitrogens with one attached hydrogen (secondary N) is 1. The summed E-state index contributed by atoms with van der Waals surface area (Å²) in [5, 5.41) is 3.52. The standard InChI is InChI=1S/C27H26Cl2N4O3/c1-15(34)33-22-8-5-16(26(36)31-10-9-30-4)11-20(22)32-21-13-27(2,3)14-23(35)24(21)25(33)18-7-6-17(28)12-19(18)29/h5-8,11-12,24-25H,9-10,13-14H2,1-3H3,(H,31,36). The lowest BCUT2D eigenvalue weighted by atomic mass is 9.68. The van der Waals surface area contributed by atoms with Gasteiger partial charge in [-0.3, -0.25) is 19.4 Å². The molecule has 7 nitrogen and oxygen atoms in total. The van der Waals surface area contributed by atoms with Crippen LogP contribution < -0.4 is 10.2 Å². The minimum atomic E-state index is -0.714. The van der Waals surface area contributed by atoms with Gasteiger partial charge in [0, 0.05) is 34.7 Å². The molecule has 0 bridgehead atoms. The molecule has 2 aromatic rings. The summed E-state index contributed by atoms with van der Waals surface area (Å²) in [5.74, 6) is -1.33. The maximum atomic E-state index is 13.6. The normalized spacial score (nSPS) is 20.4. The van der Waals surface area contributed by atoms with Crippen molar-refractivity contribution in [2.75, 3.05) is 18.0 Å². The number of Topliss-reactive ketones (excluding diaryl/α,β-unsaturated/α-hetero) is 1. The van der Waals surface area contributed by atoms with Crippen molar-refractivity contribution in [3.8, 4) is 0 Å². The number of benzene rings is 2. The second-order valence-corrected chi connectivity index (χ2v) is 10.7. The molecule has 4 rings (SSSR count). The number of carbonyl (C=O) groups excluding carboxylic acids is 3. The maximum absolute atomic E-state index is 13.6. The number of fused-ring (bicyclic) bond motifs is 2. The van der Waals surface area contributed by atoms with Crippen LogP contribution in [-0.2, 0) is 9.59 Å². The van der Waals surface area contributed by atoms with E-state index < -0.39 is 12.0 Å². The second kappa shape index (κ2) is 10.0. The number of amides is 2. The first-order valence-corrected chi connectivity index (χ1v) is 12.4. The molecule has 0 radical (unpaired) electrons. The van der Waals surface area contributed by atoms with Crippen LogP contribution in [0.1, 0.15) is 55.6 Å². The van der Waals surface area contributed by atoms with Crippen LogP contribution in [0.2, 0.25) is 10.0 Å². The van der Waals surface area contributed by atoms with E-state index in [9.17, 15) is 14.4 Å². The van der Waals surface area contributed by atoms with E-state index >= 15 is 0 Å². The summed E-state index contributed by atoms with van der Waals surface area (Å²) in [4.78, 5) is 49.2. The van der Waals surface area contributed by atoms with Gasteiger partial charge in [0.2, 0.25) is 12.5 Å². The van der Waals surface area contributed by atoms with Crippen LogP contribution in [0.5, 0.6) is 0 Å². The average molecular weight is 525 g/mol. The van der Waals surface area contributed by atoms with E-state index in [-0.39, 0.29) is 36.1 Å². The van der Waals surface area contributed by atoms with Crippen LogP contribution in [0, 0.1) is 17.9 Å². The molecule has 1 aliphatic carbocycles. The Morgan fingerprint density at radius 1 is 1.19 bits per heavy atom. The van der Waals surface area contributed by atoms with Gasteiger partial charge in [-0.25, -0.2) is 6.57 Å². The van der Waals surface area contributed by atoms with Gasteiger partial charge in [0.1, 0.15) is 5.78 Å². The maximum Gasteiger partial charge on any atom is 0.251 e. The molecule has 36 heavy (non-hydrogen) atoms. The number of rotatable bonds is 4. The molecule has 0 spiro atoms. The lowest BCUT2D eigenvalue weighted by Crippen LogP contribution is -2.47. The van der Waals surface area contributed by atoms with Gasteiger partial charge in [0.15, 0.2) is 0 Å². The van der Waals surface area contributed by atoms with Crippen LogP contribution in [0.3, 0.4) is 0 Å². The van der Waals surface area contributed by atoms with Gasteiger partial charge >= 0.3 is 0 Å². The second-order valence-electron chi connectivity index (χ2n) is 9.91. The fraction of sp³-hybridized carbons (Fsp3) is 0.370. The number of hydrogen-bond acceptors (Lipinski definition) is 4. The smallest absolute Gasteiger partial charge is 0.251 e. The Kier molecular flexibility index (Phi) is 7.21. The first-order valence-electron chi connectivity index (χ1n) is 11.6. The molecule has 2 amide bonds. The number of halogens is 2. The van der Waals surface area contributed by atoms with E-state index in [1.165, 1.54) is 6.92 Å². The van der Waals surface area contributed by atoms with Crippen LogP contribution >= 0.6 is 23.2 Å². The Labute approximate surface area is 220 Å². The predicted octanol–water partition coefficient (Wildman–Crippen LogP) is 5.83. The Hall–Kier alpha value is -3.21. The van der Waals surface area contributed by atoms with Crippen molar-refractivity contribution >= 4 is 57.9 Å². The molecule has 1 heterocycles.